The van der Waals surface area contributed by atoms with Gasteiger partial charge in [0.1, 0.15) is 12.4 Å². The first-order valence-electron chi connectivity index (χ1n) is 11.8. The summed E-state index contributed by atoms with van der Waals surface area (Å²) >= 11 is 0. The molecule has 0 radical (unpaired) electrons. The lowest BCUT2D eigenvalue weighted by Gasteiger charge is -2.33. The van der Waals surface area contributed by atoms with Crippen molar-refractivity contribution in [3.8, 4) is 16.9 Å². The summed E-state index contributed by atoms with van der Waals surface area (Å²) in [5, 5.41) is 11.4. The third kappa shape index (κ3) is 4.90. The maximum atomic E-state index is 11.7. The lowest BCUT2D eigenvalue weighted by molar-refractivity contribution is -0.384. The van der Waals surface area contributed by atoms with Crippen LogP contribution in [0.25, 0.3) is 22.8 Å². The molecule has 1 fully saturated rings. The summed E-state index contributed by atoms with van der Waals surface area (Å²) in [6.07, 6.45) is 3.28. The monoisotopic (exact) mass is 505 g/mol. The highest BCUT2D eigenvalue weighted by atomic mass is 32.2. The van der Waals surface area contributed by atoms with Gasteiger partial charge in [0, 0.05) is 50.4 Å². The first kappa shape index (κ1) is 24.2. The van der Waals surface area contributed by atoms with Crippen LogP contribution in [-0.2, 0) is 10.0 Å². The molecule has 9 heteroatoms. The van der Waals surface area contributed by atoms with Gasteiger partial charge in [-0.15, -0.1) is 0 Å². The molecule has 1 aliphatic carbocycles. The fourth-order valence-electron chi connectivity index (χ4n) is 4.81. The Labute approximate surface area is 210 Å². The second-order valence-electron chi connectivity index (χ2n) is 8.98. The Morgan fingerprint density at radius 1 is 0.917 bits per heavy atom. The van der Waals surface area contributed by atoms with Crippen molar-refractivity contribution in [2.75, 3.05) is 45.6 Å². The topological polar surface area (TPSA) is 93.0 Å². The number of ether oxygens (including phenoxy) is 1. The minimum absolute atomic E-state index is 0.0629. The molecule has 0 bridgehead atoms. The average Bonchev–Trinajstić information content (AvgIpc) is 3.18. The van der Waals surface area contributed by atoms with E-state index in [9.17, 15) is 18.5 Å². The van der Waals surface area contributed by atoms with E-state index in [2.05, 4.69) is 4.90 Å². The Bertz CT molecular complexity index is 1440. The second kappa shape index (κ2) is 9.85. The van der Waals surface area contributed by atoms with Crippen LogP contribution in [0.15, 0.2) is 66.7 Å². The molecule has 3 aromatic carbocycles. The molecule has 0 amide bonds. The van der Waals surface area contributed by atoms with Gasteiger partial charge in [-0.1, -0.05) is 42.5 Å². The van der Waals surface area contributed by atoms with Gasteiger partial charge in [0.2, 0.25) is 10.0 Å². The minimum atomic E-state index is -3.15. The summed E-state index contributed by atoms with van der Waals surface area (Å²) in [6.45, 7) is 3.50. The average molecular weight is 506 g/mol. The molecule has 1 heterocycles. The quantitative estimate of drug-likeness (QED) is 0.277. The highest BCUT2D eigenvalue weighted by Gasteiger charge is 2.26. The van der Waals surface area contributed by atoms with E-state index in [0.29, 0.717) is 39.3 Å². The smallest absolute Gasteiger partial charge is 0.270 e. The molecule has 2 aliphatic rings. The summed E-state index contributed by atoms with van der Waals surface area (Å²) in [4.78, 5) is 13.3. The number of piperazine rings is 1. The van der Waals surface area contributed by atoms with Crippen molar-refractivity contribution in [1.82, 2.24) is 9.21 Å². The number of non-ortho nitro benzene ring substituents is 1. The molecule has 0 atom stereocenters. The first-order chi connectivity index (χ1) is 17.3. The van der Waals surface area contributed by atoms with Gasteiger partial charge in [-0.2, -0.15) is 4.31 Å². The fraction of sp³-hybridized carbons (Fsp3) is 0.259. The van der Waals surface area contributed by atoms with E-state index >= 15 is 0 Å². The fourth-order valence-corrected chi connectivity index (χ4v) is 5.64. The number of nitrogens with zero attached hydrogens (tertiary/aromatic N) is 3. The minimum Gasteiger partial charge on any atom is -0.492 e. The molecule has 3 aromatic rings. The SMILES string of the molecule is CS(=O)(=O)N1CCN(CCOc2ccccc2/C=C2\c3ccccc3-c3ccc([N+](=O)[O-])cc32)CC1. The Morgan fingerprint density at radius 3 is 2.31 bits per heavy atom. The largest absolute Gasteiger partial charge is 0.492 e. The van der Waals surface area contributed by atoms with Crippen LogP contribution in [0.5, 0.6) is 5.75 Å². The Balaban J connectivity index is 1.36. The molecule has 1 aliphatic heterocycles. The number of hydrogen-bond donors (Lipinski definition) is 0. The number of sulfonamides is 1. The third-order valence-corrected chi connectivity index (χ3v) is 8.00. The molecule has 0 spiro atoms. The highest BCUT2D eigenvalue weighted by molar-refractivity contribution is 7.88. The van der Waals surface area contributed by atoms with Gasteiger partial charge < -0.3 is 4.74 Å². The van der Waals surface area contributed by atoms with Crippen molar-refractivity contribution >= 4 is 27.4 Å². The van der Waals surface area contributed by atoms with Gasteiger partial charge in [-0.05, 0) is 46.0 Å². The Morgan fingerprint density at radius 2 is 1.58 bits per heavy atom. The zero-order valence-electron chi connectivity index (χ0n) is 20.0. The van der Waals surface area contributed by atoms with E-state index in [4.69, 9.17) is 4.74 Å². The first-order valence-corrected chi connectivity index (χ1v) is 13.7. The van der Waals surface area contributed by atoms with E-state index < -0.39 is 10.0 Å². The Hall–Kier alpha value is -3.53. The number of nitro groups is 1. The predicted molar refractivity (Wildman–Crippen MR) is 140 cm³/mol. The zero-order chi connectivity index (χ0) is 25.3. The third-order valence-electron chi connectivity index (χ3n) is 6.70. The van der Waals surface area contributed by atoms with Gasteiger partial charge in [0.05, 0.1) is 11.2 Å². The van der Waals surface area contributed by atoms with Crippen molar-refractivity contribution in [2.24, 2.45) is 0 Å². The molecule has 0 N–H and O–H groups in total. The summed E-state index contributed by atoms with van der Waals surface area (Å²) in [6, 6.07) is 20.8. The van der Waals surface area contributed by atoms with Gasteiger partial charge in [0.25, 0.3) is 5.69 Å². The van der Waals surface area contributed by atoms with Gasteiger partial charge in [0.15, 0.2) is 0 Å². The molecular formula is C27H27N3O5S. The van der Waals surface area contributed by atoms with Crippen LogP contribution in [0.4, 0.5) is 5.69 Å². The molecule has 0 unspecified atom stereocenters. The molecular weight excluding hydrogens is 478 g/mol. The van der Waals surface area contributed by atoms with Crippen molar-refractivity contribution in [1.29, 1.82) is 0 Å². The summed E-state index contributed by atoms with van der Waals surface area (Å²) in [5.74, 6) is 0.733. The molecule has 5 rings (SSSR count). The molecule has 1 saturated heterocycles. The standard InChI is InChI=1S/C27H27N3O5S/c1-36(33,34)29-14-12-28(13-15-29)16-17-35-27-9-5-2-6-20(27)18-25-23-8-4-3-7-22(23)24-11-10-21(30(31)32)19-26(24)25/h2-11,18-19H,12-17H2,1H3/b25-18+. The predicted octanol–water partition coefficient (Wildman–Crippen LogP) is 4.12. The van der Waals surface area contributed by atoms with E-state index in [1.165, 1.54) is 10.6 Å². The zero-order valence-corrected chi connectivity index (χ0v) is 20.8. The molecule has 0 saturated carbocycles. The van der Waals surface area contributed by atoms with Gasteiger partial charge in [-0.25, -0.2) is 8.42 Å². The van der Waals surface area contributed by atoms with Crippen LogP contribution in [0.1, 0.15) is 16.7 Å². The number of hydrogen-bond acceptors (Lipinski definition) is 6. The van der Waals surface area contributed by atoms with Crippen LogP contribution < -0.4 is 4.74 Å². The number of benzene rings is 3. The van der Waals surface area contributed by atoms with Gasteiger partial charge in [-0.3, -0.25) is 15.0 Å². The Kier molecular flexibility index (Phi) is 6.61. The van der Waals surface area contributed by atoms with E-state index in [1.807, 2.05) is 60.7 Å². The van der Waals surface area contributed by atoms with Crippen LogP contribution in [0.2, 0.25) is 0 Å². The van der Waals surface area contributed by atoms with Crippen molar-refractivity contribution in [3.63, 3.8) is 0 Å². The van der Waals surface area contributed by atoms with Crippen molar-refractivity contribution in [2.45, 2.75) is 0 Å². The van der Waals surface area contributed by atoms with Crippen LogP contribution >= 0.6 is 0 Å². The van der Waals surface area contributed by atoms with E-state index in [0.717, 1.165) is 39.1 Å². The van der Waals surface area contributed by atoms with Gasteiger partial charge >= 0.3 is 0 Å². The maximum absolute atomic E-state index is 11.7. The summed E-state index contributed by atoms with van der Waals surface area (Å²) < 4.78 is 31.1. The number of nitro benzene ring substituents is 1. The molecule has 0 aromatic heterocycles. The summed E-state index contributed by atoms with van der Waals surface area (Å²) in [5.41, 5.74) is 5.79. The van der Waals surface area contributed by atoms with Crippen LogP contribution in [0, 0.1) is 10.1 Å². The van der Waals surface area contributed by atoms with Crippen molar-refractivity contribution < 1.29 is 18.1 Å². The number of rotatable bonds is 7. The number of para-hydroxylation sites is 1. The highest BCUT2D eigenvalue weighted by Crippen LogP contribution is 2.46. The molecule has 186 valence electrons. The van der Waals surface area contributed by atoms with Crippen molar-refractivity contribution in [3.05, 3.63) is 93.5 Å². The summed E-state index contributed by atoms with van der Waals surface area (Å²) in [7, 11) is -3.15. The normalized spacial score (nSPS) is 17.1. The second-order valence-corrected chi connectivity index (χ2v) is 11.0. The maximum Gasteiger partial charge on any atom is 0.270 e. The lowest BCUT2D eigenvalue weighted by atomic mass is 10.0. The van der Waals surface area contributed by atoms with E-state index in [-0.39, 0.29) is 10.6 Å². The molecule has 36 heavy (non-hydrogen) atoms. The molecule has 8 nitrogen and oxygen atoms in total. The lowest BCUT2D eigenvalue weighted by Crippen LogP contribution is -2.49. The van der Waals surface area contributed by atoms with E-state index in [1.54, 1.807) is 12.1 Å². The van der Waals surface area contributed by atoms with Crippen LogP contribution in [-0.4, -0.2) is 68.1 Å². The van der Waals surface area contributed by atoms with Crippen LogP contribution in [0.3, 0.4) is 0 Å². The number of fused-ring (bicyclic) bond motifs is 3.